The summed E-state index contributed by atoms with van der Waals surface area (Å²) in [5.74, 6) is 1.19. The molecule has 0 fully saturated rings. The van der Waals surface area contributed by atoms with Gasteiger partial charge in [0, 0.05) is 29.8 Å². The first kappa shape index (κ1) is 22.2. The number of nitrogens with one attached hydrogen (secondary N) is 1. The van der Waals surface area contributed by atoms with E-state index in [1.54, 1.807) is 19.1 Å². The number of rotatable bonds is 9. The van der Waals surface area contributed by atoms with E-state index in [0.29, 0.717) is 42.0 Å². The summed E-state index contributed by atoms with van der Waals surface area (Å²) >= 11 is 6.07. The van der Waals surface area contributed by atoms with Crippen LogP contribution in [0.3, 0.4) is 0 Å². The monoisotopic (exact) mass is 455 g/mol. The van der Waals surface area contributed by atoms with Crippen LogP contribution < -0.4 is 9.47 Å². The van der Waals surface area contributed by atoms with E-state index in [1.807, 2.05) is 42.5 Å². The zero-order valence-corrected chi connectivity index (χ0v) is 19.1. The van der Waals surface area contributed by atoms with Crippen LogP contribution in [-0.2, 0) is 4.74 Å². The lowest BCUT2D eigenvalue weighted by atomic mass is 9.95. The molecule has 32 heavy (non-hydrogen) atoms. The SMILES string of the molecule is CCCOc1ccc(C2c3c(-c4ccc(Cl)cc4)n[nH]c3C(=O)N2CCOC)cc1OC. The second-order valence-electron chi connectivity index (χ2n) is 7.52. The highest BCUT2D eigenvalue weighted by atomic mass is 35.5. The molecule has 0 radical (unpaired) electrons. The van der Waals surface area contributed by atoms with Gasteiger partial charge in [0.1, 0.15) is 5.69 Å². The molecule has 1 unspecified atom stereocenters. The first-order valence-corrected chi connectivity index (χ1v) is 10.9. The zero-order valence-electron chi connectivity index (χ0n) is 18.4. The number of carbonyl (C=O) groups is 1. The number of nitrogens with zero attached hydrogens (tertiary/aromatic N) is 2. The van der Waals surface area contributed by atoms with Gasteiger partial charge in [-0.15, -0.1) is 0 Å². The number of hydrogen-bond donors (Lipinski definition) is 1. The molecule has 8 heteroatoms. The molecule has 3 aromatic rings. The Bertz CT molecular complexity index is 1100. The van der Waals surface area contributed by atoms with Gasteiger partial charge >= 0.3 is 0 Å². The van der Waals surface area contributed by atoms with Gasteiger partial charge in [-0.3, -0.25) is 9.89 Å². The molecule has 0 saturated carbocycles. The van der Waals surface area contributed by atoms with Gasteiger partial charge in [0.15, 0.2) is 11.5 Å². The Morgan fingerprint density at radius 1 is 1.09 bits per heavy atom. The maximum absolute atomic E-state index is 13.3. The Balaban J connectivity index is 1.81. The summed E-state index contributed by atoms with van der Waals surface area (Å²) in [5, 5.41) is 8.07. The highest BCUT2D eigenvalue weighted by molar-refractivity contribution is 6.30. The van der Waals surface area contributed by atoms with Crippen molar-refractivity contribution in [3.8, 4) is 22.8 Å². The number of fused-ring (bicyclic) bond motifs is 1. The lowest BCUT2D eigenvalue weighted by Crippen LogP contribution is -2.32. The molecule has 7 nitrogen and oxygen atoms in total. The summed E-state index contributed by atoms with van der Waals surface area (Å²) in [6.45, 7) is 3.52. The maximum Gasteiger partial charge on any atom is 0.273 e. The number of amides is 1. The van der Waals surface area contributed by atoms with Gasteiger partial charge in [0.05, 0.1) is 32.1 Å². The predicted octanol–water partition coefficient (Wildman–Crippen LogP) is 4.72. The van der Waals surface area contributed by atoms with E-state index in [-0.39, 0.29) is 11.9 Å². The number of hydrogen-bond acceptors (Lipinski definition) is 5. The first-order chi connectivity index (χ1) is 15.6. The Kier molecular flexibility index (Phi) is 6.67. The third-order valence-electron chi connectivity index (χ3n) is 5.48. The van der Waals surface area contributed by atoms with E-state index >= 15 is 0 Å². The average molecular weight is 456 g/mol. The van der Waals surface area contributed by atoms with Crippen molar-refractivity contribution in [3.05, 3.63) is 64.3 Å². The standard InChI is InChI=1S/C24H26ClN3O4/c1-4-12-32-18-10-7-16(14-19(18)31-3)23-20-21(15-5-8-17(25)9-6-15)26-27-22(20)24(29)28(23)11-13-30-2/h5-10,14,23H,4,11-13H2,1-3H3,(H,26,27). The number of aromatic nitrogens is 2. The molecular weight excluding hydrogens is 430 g/mol. The summed E-state index contributed by atoms with van der Waals surface area (Å²) in [7, 11) is 3.24. The summed E-state index contributed by atoms with van der Waals surface area (Å²) < 4.78 is 16.7. The van der Waals surface area contributed by atoms with Gasteiger partial charge in [-0.05, 0) is 36.2 Å². The second kappa shape index (κ2) is 9.63. The topological polar surface area (TPSA) is 76.7 Å². The number of carbonyl (C=O) groups excluding carboxylic acids is 1. The molecule has 0 bridgehead atoms. The molecule has 2 aromatic carbocycles. The molecule has 1 amide bonds. The highest BCUT2D eigenvalue weighted by Crippen LogP contribution is 2.44. The lowest BCUT2D eigenvalue weighted by molar-refractivity contribution is 0.0677. The Labute approximate surface area is 192 Å². The van der Waals surface area contributed by atoms with Crippen molar-refractivity contribution in [2.24, 2.45) is 0 Å². The van der Waals surface area contributed by atoms with Crippen LogP contribution >= 0.6 is 11.6 Å². The van der Waals surface area contributed by atoms with Crippen molar-refractivity contribution in [2.75, 3.05) is 34.0 Å². The maximum atomic E-state index is 13.3. The van der Waals surface area contributed by atoms with Gasteiger partial charge < -0.3 is 19.1 Å². The van der Waals surface area contributed by atoms with Crippen molar-refractivity contribution in [3.63, 3.8) is 0 Å². The summed E-state index contributed by atoms with van der Waals surface area (Å²) in [6.07, 6.45) is 0.898. The molecule has 1 aromatic heterocycles. The van der Waals surface area contributed by atoms with E-state index in [4.69, 9.17) is 25.8 Å². The number of methoxy groups -OCH3 is 2. The Morgan fingerprint density at radius 2 is 1.88 bits per heavy atom. The van der Waals surface area contributed by atoms with E-state index in [1.165, 1.54) is 0 Å². The molecule has 4 rings (SSSR count). The molecule has 0 saturated heterocycles. The zero-order chi connectivity index (χ0) is 22.7. The van der Waals surface area contributed by atoms with Gasteiger partial charge in [-0.1, -0.05) is 36.7 Å². The van der Waals surface area contributed by atoms with Crippen molar-refractivity contribution in [1.82, 2.24) is 15.1 Å². The van der Waals surface area contributed by atoms with Crippen LogP contribution in [-0.4, -0.2) is 55.0 Å². The van der Waals surface area contributed by atoms with Crippen LogP contribution in [0.1, 0.15) is 41.0 Å². The minimum absolute atomic E-state index is 0.111. The number of aromatic amines is 1. The number of ether oxygens (including phenoxy) is 3. The van der Waals surface area contributed by atoms with Gasteiger partial charge in [0.2, 0.25) is 0 Å². The summed E-state index contributed by atoms with van der Waals surface area (Å²) in [4.78, 5) is 15.1. The van der Waals surface area contributed by atoms with E-state index < -0.39 is 0 Å². The van der Waals surface area contributed by atoms with Gasteiger partial charge in [-0.25, -0.2) is 0 Å². The van der Waals surface area contributed by atoms with Crippen LogP contribution in [0.25, 0.3) is 11.3 Å². The van der Waals surface area contributed by atoms with Crippen LogP contribution in [0.15, 0.2) is 42.5 Å². The molecule has 1 aliphatic rings. The largest absolute Gasteiger partial charge is 0.493 e. The lowest BCUT2D eigenvalue weighted by Gasteiger charge is -2.26. The Morgan fingerprint density at radius 3 is 2.56 bits per heavy atom. The predicted molar refractivity (Wildman–Crippen MR) is 123 cm³/mol. The molecule has 1 N–H and O–H groups in total. The van der Waals surface area contributed by atoms with E-state index in [0.717, 1.165) is 28.8 Å². The molecule has 168 valence electrons. The third-order valence-corrected chi connectivity index (χ3v) is 5.73. The molecule has 0 aliphatic carbocycles. The summed E-state index contributed by atoms with van der Waals surface area (Å²) in [6, 6.07) is 12.9. The number of halogens is 1. The van der Waals surface area contributed by atoms with Crippen molar-refractivity contribution in [2.45, 2.75) is 19.4 Å². The summed E-state index contributed by atoms with van der Waals surface area (Å²) in [5.41, 5.74) is 3.83. The van der Waals surface area contributed by atoms with Crippen LogP contribution in [0, 0.1) is 0 Å². The molecule has 1 aliphatic heterocycles. The normalized spacial score (nSPS) is 15.2. The highest BCUT2D eigenvalue weighted by Gasteiger charge is 2.42. The Hall–Kier alpha value is -3.03. The van der Waals surface area contributed by atoms with Crippen molar-refractivity contribution in [1.29, 1.82) is 0 Å². The number of benzene rings is 2. The van der Waals surface area contributed by atoms with Crippen molar-refractivity contribution < 1.29 is 19.0 Å². The fourth-order valence-corrected chi connectivity index (χ4v) is 4.10. The number of H-pyrrole nitrogens is 1. The smallest absolute Gasteiger partial charge is 0.273 e. The van der Waals surface area contributed by atoms with Gasteiger partial charge in [-0.2, -0.15) is 5.10 Å². The quantitative estimate of drug-likeness (QED) is 0.505. The van der Waals surface area contributed by atoms with E-state index in [2.05, 4.69) is 17.1 Å². The minimum Gasteiger partial charge on any atom is -0.493 e. The first-order valence-electron chi connectivity index (χ1n) is 10.5. The third kappa shape index (κ3) is 4.06. The van der Waals surface area contributed by atoms with Crippen LogP contribution in [0.2, 0.25) is 5.02 Å². The van der Waals surface area contributed by atoms with Crippen LogP contribution in [0.4, 0.5) is 0 Å². The van der Waals surface area contributed by atoms with Crippen LogP contribution in [0.5, 0.6) is 11.5 Å². The van der Waals surface area contributed by atoms with Crippen molar-refractivity contribution >= 4 is 17.5 Å². The molecule has 2 heterocycles. The fourth-order valence-electron chi connectivity index (χ4n) is 3.98. The van der Waals surface area contributed by atoms with E-state index in [9.17, 15) is 4.79 Å². The minimum atomic E-state index is -0.341. The van der Waals surface area contributed by atoms with Gasteiger partial charge in [0.25, 0.3) is 5.91 Å². The second-order valence-corrected chi connectivity index (χ2v) is 7.96. The average Bonchev–Trinajstić information content (AvgIpc) is 3.35. The molecule has 0 spiro atoms. The fraction of sp³-hybridized carbons (Fsp3) is 0.333. The molecular formula is C24H26ClN3O4. The molecule has 1 atom stereocenters.